The van der Waals surface area contributed by atoms with Crippen LogP contribution in [-0.4, -0.2) is 34.7 Å². The molecular formula is C27H23F2N5O4. The second-order valence-corrected chi connectivity index (χ2v) is 8.17. The topological polar surface area (TPSA) is 116 Å². The zero-order valence-corrected chi connectivity index (χ0v) is 20.2. The smallest absolute Gasteiger partial charge is 0.323 e. The van der Waals surface area contributed by atoms with Crippen molar-refractivity contribution in [2.24, 2.45) is 0 Å². The van der Waals surface area contributed by atoms with Gasteiger partial charge in [0.25, 0.3) is 5.91 Å². The average molecular weight is 520 g/mol. The third-order valence-electron chi connectivity index (χ3n) is 5.35. The van der Waals surface area contributed by atoms with Crippen molar-refractivity contribution in [1.29, 1.82) is 0 Å². The van der Waals surface area contributed by atoms with Crippen molar-refractivity contribution in [3.8, 4) is 11.5 Å². The number of aldehydes is 1. The van der Waals surface area contributed by atoms with Crippen LogP contribution in [0.2, 0.25) is 0 Å². The maximum atomic E-state index is 14.7. The quantitative estimate of drug-likeness (QED) is 0.247. The van der Waals surface area contributed by atoms with Crippen LogP contribution in [0, 0.1) is 18.6 Å². The highest BCUT2D eigenvalue weighted by Gasteiger charge is 2.20. The van der Waals surface area contributed by atoms with E-state index in [1.165, 1.54) is 53.7 Å². The molecule has 9 nitrogen and oxygen atoms in total. The molecule has 0 aliphatic carbocycles. The number of nitrogens with zero attached hydrogens (tertiary/aromatic N) is 2. The van der Waals surface area contributed by atoms with Crippen molar-refractivity contribution in [2.45, 2.75) is 13.3 Å². The Kier molecular flexibility index (Phi) is 8.07. The fourth-order valence-electron chi connectivity index (χ4n) is 3.53. The zero-order valence-electron chi connectivity index (χ0n) is 20.2. The Morgan fingerprint density at radius 1 is 1.00 bits per heavy atom. The minimum Gasteiger partial charge on any atom is -0.457 e. The number of aromatic nitrogens is 2. The maximum absolute atomic E-state index is 14.7. The zero-order chi connectivity index (χ0) is 27.1. The summed E-state index contributed by atoms with van der Waals surface area (Å²) in [5, 5.41) is 4.68. The molecule has 0 unspecified atom stereocenters. The van der Waals surface area contributed by atoms with Gasteiger partial charge in [0, 0.05) is 43.7 Å². The predicted molar refractivity (Wildman–Crippen MR) is 138 cm³/mol. The van der Waals surface area contributed by atoms with E-state index in [2.05, 4.69) is 20.6 Å². The van der Waals surface area contributed by atoms with Crippen LogP contribution in [0.3, 0.4) is 0 Å². The summed E-state index contributed by atoms with van der Waals surface area (Å²) in [7, 11) is 0. The Labute approximate surface area is 216 Å². The van der Waals surface area contributed by atoms with Crippen LogP contribution < -0.4 is 20.3 Å². The van der Waals surface area contributed by atoms with Gasteiger partial charge < -0.3 is 25.1 Å². The van der Waals surface area contributed by atoms with E-state index >= 15 is 0 Å². The molecule has 0 bridgehead atoms. The van der Waals surface area contributed by atoms with Crippen LogP contribution >= 0.6 is 0 Å². The number of aromatic amines is 1. The Morgan fingerprint density at radius 3 is 2.53 bits per heavy atom. The lowest BCUT2D eigenvalue weighted by molar-refractivity contribution is -0.107. The van der Waals surface area contributed by atoms with Gasteiger partial charge in [-0.25, -0.2) is 18.6 Å². The first-order chi connectivity index (χ1) is 18.3. The number of halogens is 2. The molecule has 0 aliphatic rings. The highest BCUT2D eigenvalue weighted by atomic mass is 19.1. The van der Waals surface area contributed by atoms with Crippen molar-refractivity contribution in [2.75, 3.05) is 22.1 Å². The molecule has 194 valence electrons. The van der Waals surface area contributed by atoms with Crippen molar-refractivity contribution in [3.63, 3.8) is 0 Å². The monoisotopic (exact) mass is 519 g/mol. The van der Waals surface area contributed by atoms with Gasteiger partial charge in [-0.15, -0.1) is 0 Å². The molecule has 0 fully saturated rings. The number of rotatable bonds is 9. The lowest BCUT2D eigenvalue weighted by Gasteiger charge is -2.21. The fraction of sp³-hybridized carbons (Fsp3) is 0.111. The number of pyridine rings is 1. The van der Waals surface area contributed by atoms with E-state index in [0.29, 0.717) is 11.8 Å². The second kappa shape index (κ2) is 11.8. The lowest BCUT2D eigenvalue weighted by atomic mass is 10.2. The van der Waals surface area contributed by atoms with Crippen molar-refractivity contribution < 1.29 is 27.9 Å². The number of carbonyl (C=O) groups is 3. The number of H-pyrrole nitrogens is 1. The first kappa shape index (κ1) is 26.0. The summed E-state index contributed by atoms with van der Waals surface area (Å²) in [6.45, 7) is 1.85. The van der Waals surface area contributed by atoms with Gasteiger partial charge >= 0.3 is 6.03 Å². The fourth-order valence-corrected chi connectivity index (χ4v) is 3.53. The minimum atomic E-state index is -0.816. The maximum Gasteiger partial charge on any atom is 0.323 e. The molecule has 0 saturated carbocycles. The first-order valence-electron chi connectivity index (χ1n) is 11.5. The molecular weight excluding hydrogens is 496 g/mol. The number of amides is 3. The molecule has 0 aliphatic heterocycles. The van der Waals surface area contributed by atoms with Crippen LogP contribution in [0.4, 0.5) is 30.8 Å². The molecule has 0 radical (unpaired) electrons. The number of nitrogens with one attached hydrogen (secondary N) is 3. The van der Waals surface area contributed by atoms with Gasteiger partial charge in [-0.1, -0.05) is 6.07 Å². The van der Waals surface area contributed by atoms with Crippen LogP contribution in [0.5, 0.6) is 11.5 Å². The van der Waals surface area contributed by atoms with Gasteiger partial charge in [-0.05, 0) is 48.9 Å². The molecule has 4 rings (SSSR count). The number of urea groups is 1. The molecule has 38 heavy (non-hydrogen) atoms. The van der Waals surface area contributed by atoms with Crippen molar-refractivity contribution in [1.82, 2.24) is 9.97 Å². The third kappa shape index (κ3) is 6.38. The normalized spacial score (nSPS) is 10.5. The molecule has 0 spiro atoms. The molecule has 0 atom stereocenters. The Balaban J connectivity index is 1.46. The lowest BCUT2D eigenvalue weighted by Crippen LogP contribution is -2.32. The molecule has 3 N–H and O–H groups in total. The van der Waals surface area contributed by atoms with Gasteiger partial charge in [0.2, 0.25) is 0 Å². The SMILES string of the molecule is Cc1ccc(F)c(NC(=O)Nc2ccc(Oc3ccnc(N(CCC=O)C(=O)c4cc[nH]c4)c3)cc2F)c1. The first-order valence-corrected chi connectivity index (χ1v) is 11.5. The molecule has 2 heterocycles. The summed E-state index contributed by atoms with van der Waals surface area (Å²) in [5.41, 5.74) is 0.960. The standard InChI is InChI=1S/C27H23F2N5O4/c1-17-3-5-21(28)24(13-17)33-27(37)32-23-6-4-19(14-22(23)29)38-20-8-10-31-25(15-20)34(11-2-12-35)26(36)18-7-9-30-16-18/h3-10,12-16,30H,2,11H2,1H3,(H2,32,33,37). The largest absolute Gasteiger partial charge is 0.457 e. The van der Waals surface area contributed by atoms with Crippen LogP contribution in [0.1, 0.15) is 22.3 Å². The van der Waals surface area contributed by atoms with E-state index in [1.807, 2.05) is 0 Å². The summed E-state index contributed by atoms with van der Waals surface area (Å²) in [5.74, 6) is -1.14. The second-order valence-electron chi connectivity index (χ2n) is 8.17. The highest BCUT2D eigenvalue weighted by Crippen LogP contribution is 2.28. The van der Waals surface area contributed by atoms with Gasteiger partial charge in [-0.3, -0.25) is 9.69 Å². The van der Waals surface area contributed by atoms with Crippen molar-refractivity contribution in [3.05, 3.63) is 95.9 Å². The number of benzene rings is 2. The third-order valence-corrected chi connectivity index (χ3v) is 5.35. The summed E-state index contributed by atoms with van der Waals surface area (Å²) in [6.07, 6.45) is 5.37. The van der Waals surface area contributed by atoms with Gasteiger partial charge in [0.05, 0.1) is 16.9 Å². The number of aryl methyl sites for hydroxylation is 1. The van der Waals surface area contributed by atoms with E-state index in [1.54, 1.807) is 25.3 Å². The van der Waals surface area contributed by atoms with Gasteiger partial charge in [0.15, 0.2) is 0 Å². The van der Waals surface area contributed by atoms with Crippen molar-refractivity contribution >= 4 is 35.4 Å². The summed E-state index contributed by atoms with van der Waals surface area (Å²) < 4.78 is 34.3. The van der Waals surface area contributed by atoms with E-state index in [-0.39, 0.29) is 47.6 Å². The Morgan fingerprint density at radius 2 is 1.79 bits per heavy atom. The molecule has 2 aromatic heterocycles. The van der Waals surface area contributed by atoms with Gasteiger partial charge in [-0.2, -0.15) is 0 Å². The average Bonchev–Trinajstić information content (AvgIpc) is 3.43. The Bertz CT molecular complexity index is 1460. The number of anilines is 3. The minimum absolute atomic E-state index is 0.0338. The highest BCUT2D eigenvalue weighted by molar-refractivity contribution is 6.05. The molecule has 4 aromatic rings. The molecule has 2 aromatic carbocycles. The predicted octanol–water partition coefficient (Wildman–Crippen LogP) is 5.67. The molecule has 3 amide bonds. The Hall–Kier alpha value is -5.06. The number of carbonyl (C=O) groups excluding carboxylic acids is 3. The van der Waals surface area contributed by atoms with Crippen LogP contribution in [0.25, 0.3) is 0 Å². The summed E-state index contributed by atoms with van der Waals surface area (Å²) in [6, 6.07) is 11.8. The van der Waals surface area contributed by atoms with E-state index in [0.717, 1.165) is 11.6 Å². The number of hydrogen-bond acceptors (Lipinski definition) is 5. The molecule has 11 heteroatoms. The van der Waals surface area contributed by atoms with E-state index < -0.39 is 17.7 Å². The summed E-state index contributed by atoms with van der Waals surface area (Å²) in [4.78, 5) is 44.4. The van der Waals surface area contributed by atoms with Crippen LogP contribution in [0.15, 0.2) is 73.2 Å². The number of ether oxygens (including phenoxy) is 1. The molecule has 0 saturated heterocycles. The van der Waals surface area contributed by atoms with Crippen LogP contribution in [-0.2, 0) is 4.79 Å². The van der Waals surface area contributed by atoms with Gasteiger partial charge in [0.1, 0.15) is 35.2 Å². The summed E-state index contributed by atoms with van der Waals surface area (Å²) >= 11 is 0. The number of hydrogen-bond donors (Lipinski definition) is 3. The van der Waals surface area contributed by atoms with E-state index in [9.17, 15) is 23.2 Å². The van der Waals surface area contributed by atoms with E-state index in [4.69, 9.17) is 4.74 Å².